The molecule has 11 heavy (non-hydrogen) atoms. The predicted molar refractivity (Wildman–Crippen MR) is 49.3 cm³/mol. The fourth-order valence-electron chi connectivity index (χ4n) is 1.07. The summed E-state index contributed by atoms with van der Waals surface area (Å²) in [5.41, 5.74) is 7.44. The summed E-state index contributed by atoms with van der Waals surface area (Å²) in [6, 6.07) is 5.72. The number of hydrogen-bond donors (Lipinski definition) is 1. The molecule has 2 N–H and O–H groups in total. The van der Waals surface area contributed by atoms with E-state index < -0.39 is 0 Å². The number of benzene rings is 1. The van der Waals surface area contributed by atoms with Crippen LogP contribution < -0.4 is 5.73 Å². The Kier molecular flexibility index (Phi) is 1.33. The van der Waals surface area contributed by atoms with Crippen molar-refractivity contribution in [2.75, 3.05) is 5.73 Å². The van der Waals surface area contributed by atoms with Gasteiger partial charge in [0, 0.05) is 11.1 Å². The van der Waals surface area contributed by atoms with Crippen molar-refractivity contribution in [1.29, 1.82) is 0 Å². The van der Waals surface area contributed by atoms with E-state index in [1.807, 2.05) is 18.2 Å². The highest BCUT2D eigenvalue weighted by atomic mass is 31.0. The molecule has 1 unspecified atom stereocenters. The van der Waals surface area contributed by atoms with Crippen molar-refractivity contribution in [1.82, 2.24) is 9.55 Å². The summed E-state index contributed by atoms with van der Waals surface area (Å²) in [5.74, 6) is 0. The van der Waals surface area contributed by atoms with Gasteiger partial charge in [-0.05, 0) is 27.6 Å². The van der Waals surface area contributed by atoms with Crippen LogP contribution in [0.5, 0.6) is 0 Å². The highest BCUT2D eigenvalue weighted by Gasteiger charge is 1.97. The molecule has 1 heterocycles. The van der Waals surface area contributed by atoms with Crippen LogP contribution in [0.3, 0.4) is 0 Å². The molecule has 1 aromatic heterocycles. The van der Waals surface area contributed by atoms with E-state index in [2.05, 4.69) is 14.5 Å². The molecule has 56 valence electrons. The monoisotopic (exact) mass is 165 g/mol. The SMILES string of the molecule is Nc1ccc2c(cnn2P)c1. The molecule has 2 aromatic rings. The molecule has 0 saturated heterocycles. The van der Waals surface area contributed by atoms with Gasteiger partial charge in [0.15, 0.2) is 0 Å². The molecule has 2 rings (SSSR count). The van der Waals surface area contributed by atoms with E-state index in [1.54, 1.807) is 10.6 Å². The highest BCUT2D eigenvalue weighted by molar-refractivity contribution is 7.14. The van der Waals surface area contributed by atoms with Gasteiger partial charge in [0.1, 0.15) is 0 Å². The first-order valence-corrected chi connectivity index (χ1v) is 3.77. The molecule has 1 aromatic carbocycles. The van der Waals surface area contributed by atoms with E-state index in [4.69, 9.17) is 5.73 Å². The maximum atomic E-state index is 5.59. The quantitative estimate of drug-likeness (QED) is 0.471. The topological polar surface area (TPSA) is 43.8 Å². The van der Waals surface area contributed by atoms with Gasteiger partial charge in [0.05, 0.1) is 11.7 Å². The van der Waals surface area contributed by atoms with Crippen LogP contribution in [-0.2, 0) is 0 Å². The Labute approximate surface area is 66.4 Å². The normalized spacial score (nSPS) is 10.6. The second kappa shape index (κ2) is 2.21. The van der Waals surface area contributed by atoms with Crippen LogP contribution in [0.1, 0.15) is 0 Å². The molecule has 0 aliphatic carbocycles. The highest BCUT2D eigenvalue weighted by Crippen LogP contribution is 2.17. The minimum atomic E-state index is 0.774. The maximum absolute atomic E-state index is 5.59. The number of nitrogen functional groups attached to an aromatic ring is 1. The molecule has 0 radical (unpaired) electrons. The van der Waals surface area contributed by atoms with Gasteiger partial charge in [-0.1, -0.05) is 0 Å². The van der Waals surface area contributed by atoms with Crippen LogP contribution in [0.2, 0.25) is 0 Å². The van der Waals surface area contributed by atoms with E-state index in [0.717, 1.165) is 16.6 Å². The van der Waals surface area contributed by atoms with Crippen LogP contribution in [0.4, 0.5) is 5.69 Å². The number of hydrogen-bond acceptors (Lipinski definition) is 2. The Hall–Kier alpha value is -1.08. The molecule has 3 nitrogen and oxygen atoms in total. The summed E-state index contributed by atoms with van der Waals surface area (Å²) in [4.78, 5) is 0. The van der Waals surface area contributed by atoms with Gasteiger partial charge in [-0.3, -0.25) is 4.45 Å². The second-order valence-corrected chi connectivity index (χ2v) is 2.90. The van der Waals surface area contributed by atoms with E-state index in [0.29, 0.717) is 0 Å². The van der Waals surface area contributed by atoms with Crippen LogP contribution in [0, 0.1) is 0 Å². The van der Waals surface area contributed by atoms with Crippen LogP contribution in [0.15, 0.2) is 24.4 Å². The molecule has 0 aliphatic rings. The average Bonchev–Trinajstić information content (AvgIpc) is 2.32. The molecule has 4 heteroatoms. The van der Waals surface area contributed by atoms with E-state index in [1.165, 1.54) is 0 Å². The number of nitrogens with zero attached hydrogens (tertiary/aromatic N) is 2. The van der Waals surface area contributed by atoms with Crippen molar-refractivity contribution in [3.05, 3.63) is 24.4 Å². The number of nitrogens with two attached hydrogens (primary N) is 1. The Morgan fingerprint density at radius 2 is 2.27 bits per heavy atom. The molecular weight excluding hydrogens is 157 g/mol. The lowest BCUT2D eigenvalue weighted by molar-refractivity contribution is 1.04. The lowest BCUT2D eigenvalue weighted by Crippen LogP contribution is -1.83. The lowest BCUT2D eigenvalue weighted by Gasteiger charge is -1.93. The van der Waals surface area contributed by atoms with Crippen molar-refractivity contribution >= 4 is 26.0 Å². The fourth-order valence-corrected chi connectivity index (χ4v) is 1.37. The van der Waals surface area contributed by atoms with Crippen LogP contribution in [-0.4, -0.2) is 9.55 Å². The van der Waals surface area contributed by atoms with Crippen molar-refractivity contribution in [3.63, 3.8) is 0 Å². The number of aromatic nitrogens is 2. The summed E-state index contributed by atoms with van der Waals surface area (Å²) in [6.07, 6.45) is 1.79. The molecule has 0 fully saturated rings. The third-order valence-electron chi connectivity index (χ3n) is 1.62. The third kappa shape index (κ3) is 0.976. The zero-order chi connectivity index (χ0) is 7.84. The number of fused-ring (bicyclic) bond motifs is 1. The fraction of sp³-hybridized carbons (Fsp3) is 0. The van der Waals surface area contributed by atoms with Crippen molar-refractivity contribution < 1.29 is 0 Å². The van der Waals surface area contributed by atoms with Gasteiger partial charge >= 0.3 is 0 Å². The van der Waals surface area contributed by atoms with Gasteiger partial charge in [0.2, 0.25) is 0 Å². The average molecular weight is 165 g/mol. The second-order valence-electron chi connectivity index (χ2n) is 2.41. The Morgan fingerprint density at radius 3 is 3.09 bits per heavy atom. The summed E-state index contributed by atoms with van der Waals surface area (Å²) >= 11 is 0. The van der Waals surface area contributed by atoms with Gasteiger partial charge in [-0.25, -0.2) is 0 Å². The Morgan fingerprint density at radius 1 is 1.45 bits per heavy atom. The summed E-state index contributed by atoms with van der Waals surface area (Å²) < 4.78 is 1.74. The number of anilines is 1. The first kappa shape index (κ1) is 6.62. The third-order valence-corrected chi connectivity index (χ3v) is 2.03. The van der Waals surface area contributed by atoms with Crippen molar-refractivity contribution in [3.8, 4) is 0 Å². The zero-order valence-electron chi connectivity index (χ0n) is 5.86. The van der Waals surface area contributed by atoms with Crippen molar-refractivity contribution in [2.24, 2.45) is 0 Å². The van der Waals surface area contributed by atoms with E-state index in [9.17, 15) is 0 Å². The van der Waals surface area contributed by atoms with Gasteiger partial charge in [-0.2, -0.15) is 5.10 Å². The smallest absolute Gasteiger partial charge is 0.0718 e. The Bertz CT molecular complexity index is 393. The zero-order valence-corrected chi connectivity index (χ0v) is 7.01. The molecule has 0 aliphatic heterocycles. The van der Waals surface area contributed by atoms with Crippen LogP contribution >= 0.6 is 9.39 Å². The lowest BCUT2D eigenvalue weighted by atomic mass is 10.2. The van der Waals surface area contributed by atoms with Gasteiger partial charge in [0.25, 0.3) is 0 Å². The number of rotatable bonds is 0. The molecule has 1 atom stereocenters. The maximum Gasteiger partial charge on any atom is 0.0718 e. The summed E-state index contributed by atoms with van der Waals surface area (Å²) in [5, 5.41) is 5.13. The standard InChI is InChI=1S/C7H8N3P/c8-6-1-2-7-5(3-6)4-9-10(7)11/h1-4H,8,11H2. The van der Waals surface area contributed by atoms with Crippen LogP contribution in [0.25, 0.3) is 10.9 Å². The molecule has 0 amide bonds. The van der Waals surface area contributed by atoms with Gasteiger partial charge in [-0.15, -0.1) is 0 Å². The van der Waals surface area contributed by atoms with E-state index >= 15 is 0 Å². The minimum absolute atomic E-state index is 0.774. The summed E-state index contributed by atoms with van der Waals surface area (Å²) in [7, 11) is 2.51. The molecule has 0 bridgehead atoms. The van der Waals surface area contributed by atoms with Crippen molar-refractivity contribution in [2.45, 2.75) is 0 Å². The van der Waals surface area contributed by atoms with Gasteiger partial charge < -0.3 is 5.73 Å². The minimum Gasteiger partial charge on any atom is -0.399 e. The first-order valence-electron chi connectivity index (χ1n) is 3.26. The Balaban J connectivity index is 2.86. The molecule has 0 saturated carbocycles. The first-order chi connectivity index (χ1) is 5.27. The predicted octanol–water partition coefficient (Wildman–Crippen LogP) is 1.26. The summed E-state index contributed by atoms with van der Waals surface area (Å²) in [6.45, 7) is 0. The molecule has 0 spiro atoms. The largest absolute Gasteiger partial charge is 0.399 e. The van der Waals surface area contributed by atoms with E-state index in [-0.39, 0.29) is 0 Å². The molecular formula is C7H8N3P.